The molecule has 0 aromatic carbocycles. The molecule has 4 nitrogen and oxygen atoms in total. The Morgan fingerprint density at radius 1 is 1.20 bits per heavy atom. The van der Waals surface area contributed by atoms with E-state index in [9.17, 15) is 0 Å². The van der Waals surface area contributed by atoms with Crippen molar-refractivity contribution in [3.63, 3.8) is 0 Å². The molecule has 114 valence electrons. The van der Waals surface area contributed by atoms with Crippen molar-refractivity contribution >= 4 is 0 Å². The number of nitrogens with one attached hydrogen (secondary N) is 1. The number of nitrogens with two attached hydrogens (primary N) is 1. The molecule has 0 amide bonds. The molecule has 0 aliphatic rings. The van der Waals surface area contributed by atoms with Gasteiger partial charge in [0.25, 0.3) is 0 Å². The summed E-state index contributed by atoms with van der Waals surface area (Å²) in [5.41, 5.74) is 7.35. The highest BCUT2D eigenvalue weighted by molar-refractivity contribution is 5.28. The van der Waals surface area contributed by atoms with E-state index in [-0.39, 0.29) is 17.0 Å². The van der Waals surface area contributed by atoms with Crippen LogP contribution in [-0.2, 0) is 5.41 Å². The van der Waals surface area contributed by atoms with Gasteiger partial charge in [0.05, 0.1) is 12.2 Å². The number of nitrogens with zero attached hydrogens (tertiary/aromatic N) is 1. The zero-order chi connectivity index (χ0) is 15.4. The van der Waals surface area contributed by atoms with Crippen LogP contribution in [0, 0.1) is 0 Å². The summed E-state index contributed by atoms with van der Waals surface area (Å²) in [6, 6.07) is 2.00. The van der Waals surface area contributed by atoms with Crippen LogP contribution < -0.4 is 15.8 Å². The van der Waals surface area contributed by atoms with Gasteiger partial charge in [0.2, 0.25) is 0 Å². The van der Waals surface area contributed by atoms with Gasteiger partial charge in [0.1, 0.15) is 12.4 Å². The minimum atomic E-state index is -0.0347. The third kappa shape index (κ3) is 6.35. The van der Waals surface area contributed by atoms with Gasteiger partial charge in [-0.15, -0.1) is 0 Å². The smallest absolute Gasteiger partial charge is 0.137 e. The van der Waals surface area contributed by atoms with E-state index in [1.807, 2.05) is 12.3 Å². The van der Waals surface area contributed by atoms with Gasteiger partial charge in [0.15, 0.2) is 0 Å². The predicted octanol–water partition coefficient (Wildman–Crippen LogP) is 2.47. The van der Waals surface area contributed by atoms with Crippen LogP contribution in [0.25, 0.3) is 0 Å². The molecule has 0 spiro atoms. The van der Waals surface area contributed by atoms with E-state index in [0.717, 1.165) is 17.9 Å². The Balaban J connectivity index is 2.50. The summed E-state index contributed by atoms with van der Waals surface area (Å²) in [4.78, 5) is 4.23. The fourth-order valence-electron chi connectivity index (χ4n) is 1.61. The molecule has 3 N–H and O–H groups in total. The Bertz CT molecular complexity index is 418. The highest BCUT2D eigenvalue weighted by Crippen LogP contribution is 2.24. The highest BCUT2D eigenvalue weighted by atomic mass is 16.5. The lowest BCUT2D eigenvalue weighted by molar-refractivity contribution is 0.272. The summed E-state index contributed by atoms with van der Waals surface area (Å²) < 4.78 is 5.74. The van der Waals surface area contributed by atoms with Gasteiger partial charge in [-0.2, -0.15) is 0 Å². The lowest BCUT2D eigenvalue weighted by atomic mass is 9.88. The summed E-state index contributed by atoms with van der Waals surface area (Å²) in [5, 5.41) is 3.37. The predicted molar refractivity (Wildman–Crippen MR) is 84.2 cm³/mol. The molecule has 0 saturated carbocycles. The first-order chi connectivity index (χ1) is 9.08. The zero-order valence-electron chi connectivity index (χ0n) is 13.7. The summed E-state index contributed by atoms with van der Waals surface area (Å²) >= 11 is 0. The van der Waals surface area contributed by atoms with E-state index >= 15 is 0 Å². The quantitative estimate of drug-likeness (QED) is 0.869. The van der Waals surface area contributed by atoms with Crippen molar-refractivity contribution in [2.75, 3.05) is 13.2 Å². The van der Waals surface area contributed by atoms with Crippen molar-refractivity contribution in [1.82, 2.24) is 10.3 Å². The van der Waals surface area contributed by atoms with E-state index < -0.39 is 0 Å². The van der Waals surface area contributed by atoms with Crippen LogP contribution in [0.4, 0.5) is 0 Å². The largest absolute Gasteiger partial charge is 0.490 e. The molecule has 4 heteroatoms. The Hall–Kier alpha value is -1.13. The molecule has 1 aromatic rings. The standard InChI is InChI=1S/C16H29N3O/c1-15(2,3)12-7-14(10-18-8-12)20-11-13(17)9-19-16(4,5)6/h7-8,10,13,19H,9,11,17H2,1-6H3/t13-/m0/s1. The molecular weight excluding hydrogens is 250 g/mol. The molecule has 0 fully saturated rings. The lowest BCUT2D eigenvalue weighted by Crippen LogP contribution is -2.46. The first kappa shape index (κ1) is 16.9. The summed E-state index contributed by atoms with van der Waals surface area (Å²) in [7, 11) is 0. The number of pyridine rings is 1. The van der Waals surface area contributed by atoms with Crippen LogP contribution >= 0.6 is 0 Å². The van der Waals surface area contributed by atoms with Gasteiger partial charge in [-0.25, -0.2) is 0 Å². The molecule has 0 aliphatic carbocycles. The maximum absolute atomic E-state index is 6.04. The first-order valence-corrected chi connectivity index (χ1v) is 7.17. The van der Waals surface area contributed by atoms with Crippen molar-refractivity contribution in [2.45, 2.75) is 58.5 Å². The van der Waals surface area contributed by atoms with Crippen molar-refractivity contribution < 1.29 is 4.74 Å². The van der Waals surface area contributed by atoms with Crippen LogP contribution in [0.5, 0.6) is 5.75 Å². The molecule has 1 aromatic heterocycles. The SMILES string of the molecule is CC(C)(C)NC[C@H](N)COc1cncc(C(C)(C)C)c1. The van der Waals surface area contributed by atoms with E-state index in [4.69, 9.17) is 10.5 Å². The first-order valence-electron chi connectivity index (χ1n) is 7.17. The van der Waals surface area contributed by atoms with Crippen LogP contribution in [0.1, 0.15) is 47.1 Å². The summed E-state index contributed by atoms with van der Waals surface area (Å²) in [6.45, 7) is 14.1. The second-order valence-electron chi connectivity index (χ2n) is 7.36. The number of hydrogen-bond donors (Lipinski definition) is 2. The fraction of sp³-hybridized carbons (Fsp3) is 0.688. The van der Waals surface area contributed by atoms with Crippen LogP contribution in [0.15, 0.2) is 18.5 Å². The third-order valence-electron chi connectivity index (χ3n) is 2.94. The molecular formula is C16H29N3O. The summed E-state index contributed by atoms with van der Waals surface area (Å²) in [5.74, 6) is 0.781. The Labute approximate surface area is 123 Å². The van der Waals surface area contributed by atoms with E-state index in [1.165, 1.54) is 0 Å². The van der Waals surface area contributed by atoms with E-state index in [1.54, 1.807) is 6.20 Å². The summed E-state index contributed by atoms with van der Waals surface area (Å²) in [6.07, 6.45) is 3.62. The number of ether oxygens (including phenoxy) is 1. The molecule has 20 heavy (non-hydrogen) atoms. The van der Waals surface area contributed by atoms with Gasteiger partial charge < -0.3 is 15.8 Å². The number of hydrogen-bond acceptors (Lipinski definition) is 4. The second-order valence-corrected chi connectivity index (χ2v) is 7.36. The van der Waals surface area contributed by atoms with Crippen LogP contribution in [0.3, 0.4) is 0 Å². The Kier molecular flexibility index (Phi) is 5.54. The fourth-order valence-corrected chi connectivity index (χ4v) is 1.61. The van der Waals surface area contributed by atoms with E-state index in [2.05, 4.69) is 51.8 Å². The second kappa shape index (κ2) is 6.55. The van der Waals surface area contributed by atoms with Crippen molar-refractivity contribution in [3.8, 4) is 5.75 Å². The Morgan fingerprint density at radius 3 is 2.40 bits per heavy atom. The molecule has 0 bridgehead atoms. The average molecular weight is 279 g/mol. The van der Waals surface area contributed by atoms with Crippen molar-refractivity contribution in [3.05, 3.63) is 24.0 Å². The molecule has 0 radical (unpaired) electrons. The molecule has 0 saturated heterocycles. The topological polar surface area (TPSA) is 60.2 Å². The zero-order valence-corrected chi connectivity index (χ0v) is 13.7. The monoisotopic (exact) mass is 279 g/mol. The number of aromatic nitrogens is 1. The molecule has 1 atom stereocenters. The van der Waals surface area contributed by atoms with Gasteiger partial charge >= 0.3 is 0 Å². The van der Waals surface area contributed by atoms with Gasteiger partial charge in [-0.3, -0.25) is 4.98 Å². The minimum Gasteiger partial charge on any atom is -0.490 e. The average Bonchev–Trinajstić information content (AvgIpc) is 2.32. The van der Waals surface area contributed by atoms with Crippen molar-refractivity contribution in [1.29, 1.82) is 0 Å². The van der Waals surface area contributed by atoms with Crippen molar-refractivity contribution in [2.24, 2.45) is 5.73 Å². The maximum atomic E-state index is 6.04. The van der Waals surface area contributed by atoms with Gasteiger partial charge in [-0.05, 0) is 37.8 Å². The molecule has 1 heterocycles. The van der Waals surface area contributed by atoms with Crippen LogP contribution in [0.2, 0.25) is 0 Å². The van der Waals surface area contributed by atoms with Gasteiger partial charge in [0, 0.05) is 18.3 Å². The third-order valence-corrected chi connectivity index (χ3v) is 2.94. The lowest BCUT2D eigenvalue weighted by Gasteiger charge is -2.23. The highest BCUT2D eigenvalue weighted by Gasteiger charge is 2.15. The normalized spacial score (nSPS) is 14.2. The van der Waals surface area contributed by atoms with Crippen LogP contribution in [-0.4, -0.2) is 29.7 Å². The van der Waals surface area contributed by atoms with Gasteiger partial charge in [-0.1, -0.05) is 20.8 Å². The number of rotatable bonds is 5. The molecule has 0 aliphatic heterocycles. The Morgan fingerprint density at radius 2 is 1.85 bits per heavy atom. The molecule has 1 rings (SSSR count). The maximum Gasteiger partial charge on any atom is 0.137 e. The van der Waals surface area contributed by atoms with E-state index in [0.29, 0.717) is 6.61 Å². The molecule has 0 unspecified atom stereocenters. The minimum absolute atomic E-state index is 0.0347.